The summed E-state index contributed by atoms with van der Waals surface area (Å²) in [5.41, 5.74) is 1.57. The monoisotopic (exact) mass is 608 g/mol. The SMILES string of the molecule is Cc1cc(S(=O)(=O)N(Cc2ccc(OC(F)(F)F)cc2)c2ncc3ccccc3c2C2CC2)cc(F)c1Br. The van der Waals surface area contributed by atoms with Crippen LogP contribution in [0.2, 0.25) is 0 Å². The quantitative estimate of drug-likeness (QED) is 0.203. The second-order valence-electron chi connectivity index (χ2n) is 9.10. The maximum atomic E-state index is 14.6. The van der Waals surface area contributed by atoms with E-state index >= 15 is 0 Å². The van der Waals surface area contributed by atoms with E-state index in [0.29, 0.717) is 11.1 Å². The Hall–Kier alpha value is -3.18. The first-order valence-corrected chi connectivity index (χ1v) is 13.9. The number of ether oxygens (including phenoxy) is 1. The van der Waals surface area contributed by atoms with Crippen molar-refractivity contribution in [3.63, 3.8) is 0 Å². The van der Waals surface area contributed by atoms with Crippen LogP contribution in [0.15, 0.2) is 76.2 Å². The van der Waals surface area contributed by atoms with Crippen molar-refractivity contribution in [2.75, 3.05) is 4.31 Å². The molecule has 11 heteroatoms. The van der Waals surface area contributed by atoms with E-state index < -0.39 is 28.0 Å². The molecule has 38 heavy (non-hydrogen) atoms. The molecule has 1 fully saturated rings. The molecule has 1 aliphatic carbocycles. The lowest BCUT2D eigenvalue weighted by Crippen LogP contribution is -2.32. The van der Waals surface area contributed by atoms with Crippen LogP contribution in [0, 0.1) is 12.7 Å². The van der Waals surface area contributed by atoms with Gasteiger partial charge in [-0.2, -0.15) is 0 Å². The lowest BCUT2D eigenvalue weighted by Gasteiger charge is -2.27. The summed E-state index contributed by atoms with van der Waals surface area (Å²) in [5, 5.41) is 1.72. The number of nitrogens with zero attached hydrogens (tertiary/aromatic N) is 2. The summed E-state index contributed by atoms with van der Waals surface area (Å²) in [6.45, 7) is 1.34. The van der Waals surface area contributed by atoms with Gasteiger partial charge in [0.1, 0.15) is 17.4 Å². The molecule has 4 aromatic rings. The molecule has 0 spiro atoms. The summed E-state index contributed by atoms with van der Waals surface area (Å²) in [6.07, 6.45) is -1.53. The fourth-order valence-electron chi connectivity index (χ4n) is 4.36. The molecule has 0 N–H and O–H groups in total. The van der Waals surface area contributed by atoms with Crippen molar-refractivity contribution in [1.82, 2.24) is 4.98 Å². The summed E-state index contributed by atoms with van der Waals surface area (Å²) in [6, 6.07) is 14.8. The van der Waals surface area contributed by atoms with E-state index in [4.69, 9.17) is 0 Å². The fraction of sp³-hybridized carbons (Fsp3) is 0.222. The predicted molar refractivity (Wildman–Crippen MR) is 139 cm³/mol. The number of hydrogen-bond acceptors (Lipinski definition) is 4. The van der Waals surface area contributed by atoms with Gasteiger partial charge in [0.2, 0.25) is 0 Å². The van der Waals surface area contributed by atoms with E-state index in [1.165, 1.54) is 18.2 Å². The first-order valence-electron chi connectivity index (χ1n) is 11.6. The zero-order valence-corrected chi connectivity index (χ0v) is 22.4. The lowest BCUT2D eigenvalue weighted by atomic mass is 10.0. The Labute approximate surface area is 225 Å². The minimum absolute atomic E-state index is 0.104. The van der Waals surface area contributed by atoms with Gasteiger partial charge in [0.15, 0.2) is 0 Å². The third-order valence-corrected chi connectivity index (χ3v) is 9.01. The van der Waals surface area contributed by atoms with Crippen LogP contribution >= 0.6 is 15.9 Å². The molecule has 198 valence electrons. The molecule has 0 radical (unpaired) electrons. The Balaban J connectivity index is 1.65. The summed E-state index contributed by atoms with van der Waals surface area (Å²) >= 11 is 3.12. The van der Waals surface area contributed by atoms with E-state index in [2.05, 4.69) is 25.7 Å². The molecular formula is C27H21BrF4N2O3S. The van der Waals surface area contributed by atoms with Crippen molar-refractivity contribution >= 4 is 42.5 Å². The maximum absolute atomic E-state index is 14.6. The Morgan fingerprint density at radius 1 is 1.08 bits per heavy atom. The van der Waals surface area contributed by atoms with Crippen molar-refractivity contribution in [2.45, 2.75) is 43.5 Å². The summed E-state index contributed by atoms with van der Waals surface area (Å²) in [5.74, 6) is -0.843. The number of aromatic nitrogens is 1. The highest BCUT2D eigenvalue weighted by Crippen LogP contribution is 2.48. The van der Waals surface area contributed by atoms with Gasteiger partial charge in [-0.25, -0.2) is 22.1 Å². The standard InChI is InChI=1S/C27H21BrF4N2O3S/c1-16-12-21(13-23(29)25(16)28)38(35,36)34(15-17-6-10-20(11-7-17)37-27(30,31)32)26-24(18-8-9-18)22-5-3-2-4-19(22)14-33-26/h2-7,10-14,18H,8-9,15H2,1H3. The third-order valence-electron chi connectivity index (χ3n) is 6.29. The maximum Gasteiger partial charge on any atom is 0.573 e. The number of rotatable bonds is 7. The third kappa shape index (κ3) is 5.35. The molecule has 1 aromatic heterocycles. The van der Waals surface area contributed by atoms with E-state index in [1.54, 1.807) is 13.1 Å². The molecule has 1 aliphatic rings. The van der Waals surface area contributed by atoms with Crippen LogP contribution in [0.3, 0.4) is 0 Å². The van der Waals surface area contributed by atoms with Gasteiger partial charge >= 0.3 is 6.36 Å². The molecule has 0 aliphatic heterocycles. The minimum atomic E-state index is -4.85. The number of halogens is 5. The largest absolute Gasteiger partial charge is 0.573 e. The summed E-state index contributed by atoms with van der Waals surface area (Å²) < 4.78 is 85.8. The van der Waals surface area contributed by atoms with Gasteiger partial charge in [-0.05, 0) is 82.4 Å². The van der Waals surface area contributed by atoms with E-state index in [1.807, 2.05) is 24.3 Å². The highest BCUT2D eigenvalue weighted by molar-refractivity contribution is 9.10. The number of pyridine rings is 1. The van der Waals surface area contributed by atoms with Crippen LogP contribution < -0.4 is 9.04 Å². The van der Waals surface area contributed by atoms with Gasteiger partial charge in [-0.3, -0.25) is 0 Å². The molecule has 0 atom stereocenters. The number of benzene rings is 3. The second-order valence-corrected chi connectivity index (χ2v) is 11.8. The molecule has 0 amide bonds. The highest BCUT2D eigenvalue weighted by atomic mass is 79.9. The average molecular weight is 609 g/mol. The molecule has 0 unspecified atom stereocenters. The summed E-state index contributed by atoms with van der Waals surface area (Å²) in [4.78, 5) is 4.30. The van der Waals surface area contributed by atoms with Crippen molar-refractivity contribution in [3.05, 3.63) is 93.8 Å². The van der Waals surface area contributed by atoms with Gasteiger partial charge in [0.25, 0.3) is 10.0 Å². The van der Waals surface area contributed by atoms with E-state index in [-0.39, 0.29) is 27.6 Å². The molecule has 0 bridgehead atoms. The van der Waals surface area contributed by atoms with E-state index in [9.17, 15) is 26.0 Å². The molecule has 1 heterocycles. The number of fused-ring (bicyclic) bond motifs is 1. The van der Waals surface area contributed by atoms with Crippen molar-refractivity contribution in [1.29, 1.82) is 0 Å². The van der Waals surface area contributed by atoms with Crippen LogP contribution in [-0.2, 0) is 16.6 Å². The van der Waals surface area contributed by atoms with Crippen LogP contribution in [0.25, 0.3) is 10.8 Å². The van der Waals surface area contributed by atoms with Crippen LogP contribution in [0.4, 0.5) is 23.4 Å². The Morgan fingerprint density at radius 3 is 2.39 bits per heavy atom. The van der Waals surface area contributed by atoms with Crippen molar-refractivity contribution in [3.8, 4) is 5.75 Å². The number of alkyl halides is 3. The average Bonchev–Trinajstić information content (AvgIpc) is 3.70. The zero-order valence-electron chi connectivity index (χ0n) is 20.0. The predicted octanol–water partition coefficient (Wildman–Crippen LogP) is 7.62. The minimum Gasteiger partial charge on any atom is -0.406 e. The number of hydrogen-bond donors (Lipinski definition) is 0. The van der Waals surface area contributed by atoms with Crippen LogP contribution in [0.1, 0.15) is 35.4 Å². The van der Waals surface area contributed by atoms with Gasteiger partial charge < -0.3 is 4.74 Å². The lowest BCUT2D eigenvalue weighted by molar-refractivity contribution is -0.274. The zero-order chi connectivity index (χ0) is 27.2. The Kier molecular flexibility index (Phi) is 6.85. The van der Waals surface area contributed by atoms with Crippen molar-refractivity contribution in [2.24, 2.45) is 0 Å². The first-order chi connectivity index (χ1) is 17.9. The Morgan fingerprint density at radius 2 is 1.76 bits per heavy atom. The van der Waals surface area contributed by atoms with Gasteiger partial charge in [-0.15, -0.1) is 13.2 Å². The summed E-state index contributed by atoms with van der Waals surface area (Å²) in [7, 11) is -4.35. The number of sulfonamides is 1. The number of aryl methyl sites for hydroxylation is 1. The molecular weight excluding hydrogens is 588 g/mol. The molecule has 5 nitrogen and oxygen atoms in total. The van der Waals surface area contributed by atoms with Crippen LogP contribution in [-0.4, -0.2) is 19.8 Å². The van der Waals surface area contributed by atoms with Crippen molar-refractivity contribution < 1.29 is 30.7 Å². The first kappa shape index (κ1) is 26.4. The topological polar surface area (TPSA) is 59.5 Å². The van der Waals surface area contributed by atoms with Gasteiger partial charge in [0.05, 0.1) is 15.9 Å². The molecule has 3 aromatic carbocycles. The van der Waals surface area contributed by atoms with E-state index in [0.717, 1.165) is 51.7 Å². The smallest absolute Gasteiger partial charge is 0.406 e. The normalized spacial score (nSPS) is 14.1. The van der Waals surface area contributed by atoms with Gasteiger partial charge in [0, 0.05) is 17.1 Å². The fourth-order valence-corrected chi connectivity index (χ4v) is 6.11. The molecule has 5 rings (SSSR count). The molecule has 0 saturated heterocycles. The second kappa shape index (κ2) is 9.85. The van der Waals surface area contributed by atoms with Gasteiger partial charge in [-0.1, -0.05) is 36.4 Å². The van der Waals surface area contributed by atoms with Crippen LogP contribution in [0.5, 0.6) is 5.75 Å². The molecule has 1 saturated carbocycles. The highest BCUT2D eigenvalue weighted by Gasteiger charge is 2.36. The number of anilines is 1. The Bertz CT molecular complexity index is 1600.